The number of hydrogen-bond acceptors (Lipinski definition) is 4. The van der Waals surface area contributed by atoms with Crippen LogP contribution in [0.15, 0.2) is 42.5 Å². The standard InChI is InChI=1S/C19H21NO4/c1-3-14-4-6-15(7-5-14)13(2)20-19(21)11-22-16-8-9-17-18(10-16)24-12-23-17/h4-10,13H,3,11-12H2,1-2H3,(H,20,21)/t13-/m0/s1. The fourth-order valence-electron chi connectivity index (χ4n) is 2.52. The summed E-state index contributed by atoms with van der Waals surface area (Å²) in [5, 5.41) is 2.94. The molecule has 0 unspecified atom stereocenters. The Hall–Kier alpha value is -2.69. The van der Waals surface area contributed by atoms with Crippen LogP contribution in [0.4, 0.5) is 0 Å². The van der Waals surface area contributed by atoms with Crippen LogP contribution in [-0.2, 0) is 11.2 Å². The summed E-state index contributed by atoms with van der Waals surface area (Å²) in [7, 11) is 0. The summed E-state index contributed by atoms with van der Waals surface area (Å²) in [4.78, 5) is 12.1. The molecule has 0 spiro atoms. The van der Waals surface area contributed by atoms with Gasteiger partial charge in [-0.05, 0) is 36.6 Å². The minimum atomic E-state index is -0.167. The molecule has 2 aromatic rings. The van der Waals surface area contributed by atoms with Crippen LogP contribution in [0, 0.1) is 0 Å². The van der Waals surface area contributed by atoms with Crippen LogP contribution in [0.25, 0.3) is 0 Å². The minimum absolute atomic E-state index is 0.0446. The topological polar surface area (TPSA) is 56.8 Å². The molecule has 1 amide bonds. The van der Waals surface area contributed by atoms with E-state index in [0.717, 1.165) is 12.0 Å². The Kier molecular flexibility index (Phi) is 4.89. The second kappa shape index (κ2) is 7.25. The highest BCUT2D eigenvalue weighted by atomic mass is 16.7. The molecular formula is C19H21NO4. The Balaban J connectivity index is 1.51. The second-order valence-electron chi connectivity index (χ2n) is 5.69. The number of hydrogen-bond donors (Lipinski definition) is 1. The zero-order valence-corrected chi connectivity index (χ0v) is 13.9. The molecule has 126 valence electrons. The number of fused-ring (bicyclic) bond motifs is 1. The van der Waals surface area contributed by atoms with E-state index in [1.807, 2.05) is 19.1 Å². The van der Waals surface area contributed by atoms with Crippen LogP contribution < -0.4 is 19.5 Å². The van der Waals surface area contributed by atoms with Crippen LogP contribution in [-0.4, -0.2) is 19.3 Å². The van der Waals surface area contributed by atoms with Crippen molar-refractivity contribution >= 4 is 5.91 Å². The maximum atomic E-state index is 12.1. The molecule has 0 fully saturated rings. The van der Waals surface area contributed by atoms with E-state index in [4.69, 9.17) is 14.2 Å². The van der Waals surface area contributed by atoms with Gasteiger partial charge in [0.25, 0.3) is 5.91 Å². The summed E-state index contributed by atoms with van der Waals surface area (Å²) in [6, 6.07) is 13.4. The first-order chi connectivity index (χ1) is 11.7. The Morgan fingerprint density at radius 3 is 2.67 bits per heavy atom. The fraction of sp³-hybridized carbons (Fsp3) is 0.316. The van der Waals surface area contributed by atoms with E-state index >= 15 is 0 Å². The first kappa shape index (κ1) is 16.2. The lowest BCUT2D eigenvalue weighted by molar-refractivity contribution is -0.123. The molecule has 3 rings (SSSR count). The highest BCUT2D eigenvalue weighted by Crippen LogP contribution is 2.35. The highest BCUT2D eigenvalue weighted by molar-refractivity contribution is 5.78. The molecule has 2 aromatic carbocycles. The third-order valence-electron chi connectivity index (χ3n) is 3.98. The van der Waals surface area contributed by atoms with E-state index in [0.29, 0.717) is 17.2 Å². The number of carbonyl (C=O) groups excluding carboxylic acids is 1. The molecule has 5 nitrogen and oxygen atoms in total. The molecule has 1 heterocycles. The minimum Gasteiger partial charge on any atom is -0.484 e. The van der Waals surface area contributed by atoms with Gasteiger partial charge in [-0.15, -0.1) is 0 Å². The van der Waals surface area contributed by atoms with Crippen molar-refractivity contribution in [3.8, 4) is 17.2 Å². The van der Waals surface area contributed by atoms with Gasteiger partial charge in [0.2, 0.25) is 6.79 Å². The van der Waals surface area contributed by atoms with Crippen LogP contribution in [0.5, 0.6) is 17.2 Å². The van der Waals surface area contributed by atoms with Crippen molar-refractivity contribution in [2.24, 2.45) is 0 Å². The van der Waals surface area contributed by atoms with Crippen LogP contribution in [0.1, 0.15) is 31.0 Å². The predicted octanol–water partition coefficient (Wildman–Crippen LogP) is 3.23. The molecule has 5 heteroatoms. The van der Waals surface area contributed by atoms with E-state index < -0.39 is 0 Å². The lowest BCUT2D eigenvalue weighted by Gasteiger charge is -2.15. The summed E-state index contributed by atoms with van der Waals surface area (Å²) in [5.41, 5.74) is 2.35. The maximum absolute atomic E-state index is 12.1. The molecule has 1 aliphatic rings. The van der Waals surface area contributed by atoms with Gasteiger partial charge in [0.05, 0.1) is 6.04 Å². The van der Waals surface area contributed by atoms with Crippen LogP contribution >= 0.6 is 0 Å². The van der Waals surface area contributed by atoms with E-state index in [2.05, 4.69) is 24.4 Å². The average molecular weight is 327 g/mol. The first-order valence-electron chi connectivity index (χ1n) is 8.06. The predicted molar refractivity (Wildman–Crippen MR) is 90.4 cm³/mol. The molecule has 24 heavy (non-hydrogen) atoms. The Labute approximate surface area is 141 Å². The third kappa shape index (κ3) is 3.79. The van der Waals surface area contributed by atoms with Gasteiger partial charge in [0.1, 0.15) is 5.75 Å². The Morgan fingerprint density at radius 1 is 1.17 bits per heavy atom. The number of ether oxygens (including phenoxy) is 3. The van der Waals surface area contributed by atoms with Gasteiger partial charge in [-0.1, -0.05) is 31.2 Å². The molecular weight excluding hydrogens is 306 g/mol. The molecule has 0 saturated heterocycles. The quantitative estimate of drug-likeness (QED) is 0.885. The number of aryl methyl sites for hydroxylation is 1. The van der Waals surface area contributed by atoms with E-state index in [9.17, 15) is 4.79 Å². The van der Waals surface area contributed by atoms with Crippen molar-refractivity contribution in [2.45, 2.75) is 26.3 Å². The first-order valence-corrected chi connectivity index (χ1v) is 8.06. The molecule has 0 aliphatic carbocycles. The molecule has 0 aromatic heterocycles. The van der Waals surface area contributed by atoms with E-state index in [1.165, 1.54) is 5.56 Å². The van der Waals surface area contributed by atoms with E-state index in [-0.39, 0.29) is 25.3 Å². The number of amides is 1. The lowest BCUT2D eigenvalue weighted by atomic mass is 10.1. The highest BCUT2D eigenvalue weighted by Gasteiger charge is 2.15. The van der Waals surface area contributed by atoms with Crippen LogP contribution in [0.3, 0.4) is 0 Å². The van der Waals surface area contributed by atoms with Gasteiger partial charge in [-0.25, -0.2) is 0 Å². The monoisotopic (exact) mass is 327 g/mol. The van der Waals surface area contributed by atoms with Gasteiger partial charge in [-0.2, -0.15) is 0 Å². The molecule has 0 radical (unpaired) electrons. The number of carbonyl (C=O) groups is 1. The Bertz CT molecular complexity index is 712. The zero-order valence-electron chi connectivity index (χ0n) is 13.9. The Morgan fingerprint density at radius 2 is 1.92 bits per heavy atom. The van der Waals surface area contributed by atoms with Crippen molar-refractivity contribution in [1.29, 1.82) is 0 Å². The molecule has 1 N–H and O–H groups in total. The largest absolute Gasteiger partial charge is 0.484 e. The number of rotatable bonds is 6. The smallest absolute Gasteiger partial charge is 0.258 e. The number of nitrogens with one attached hydrogen (secondary N) is 1. The number of benzene rings is 2. The lowest BCUT2D eigenvalue weighted by Crippen LogP contribution is -2.31. The van der Waals surface area contributed by atoms with Crippen molar-refractivity contribution in [1.82, 2.24) is 5.32 Å². The van der Waals surface area contributed by atoms with Crippen molar-refractivity contribution < 1.29 is 19.0 Å². The molecule has 1 aliphatic heterocycles. The van der Waals surface area contributed by atoms with E-state index in [1.54, 1.807) is 18.2 Å². The molecule has 0 saturated carbocycles. The van der Waals surface area contributed by atoms with Crippen molar-refractivity contribution in [3.05, 3.63) is 53.6 Å². The van der Waals surface area contributed by atoms with Crippen molar-refractivity contribution in [3.63, 3.8) is 0 Å². The third-order valence-corrected chi connectivity index (χ3v) is 3.98. The average Bonchev–Trinajstić information content (AvgIpc) is 3.07. The SMILES string of the molecule is CCc1ccc([C@H](C)NC(=O)COc2ccc3c(c2)OCO3)cc1. The van der Waals surface area contributed by atoms with Gasteiger partial charge in [0.15, 0.2) is 18.1 Å². The summed E-state index contributed by atoms with van der Waals surface area (Å²) < 4.78 is 16.0. The normalized spacial score (nSPS) is 13.4. The van der Waals surface area contributed by atoms with Gasteiger partial charge in [-0.3, -0.25) is 4.79 Å². The summed E-state index contributed by atoms with van der Waals surface area (Å²) >= 11 is 0. The summed E-state index contributed by atoms with van der Waals surface area (Å²) in [6.45, 7) is 4.25. The zero-order chi connectivity index (χ0) is 16.9. The van der Waals surface area contributed by atoms with Crippen LogP contribution in [0.2, 0.25) is 0 Å². The summed E-state index contributed by atoms with van der Waals surface area (Å²) in [5.74, 6) is 1.74. The molecule has 1 atom stereocenters. The van der Waals surface area contributed by atoms with Crippen molar-refractivity contribution in [2.75, 3.05) is 13.4 Å². The van der Waals surface area contributed by atoms with Gasteiger partial charge in [0, 0.05) is 6.07 Å². The maximum Gasteiger partial charge on any atom is 0.258 e. The fourth-order valence-corrected chi connectivity index (χ4v) is 2.52. The summed E-state index contributed by atoms with van der Waals surface area (Å²) in [6.07, 6.45) is 1.00. The van der Waals surface area contributed by atoms with Gasteiger partial charge < -0.3 is 19.5 Å². The molecule has 0 bridgehead atoms. The van der Waals surface area contributed by atoms with Gasteiger partial charge >= 0.3 is 0 Å². The second-order valence-corrected chi connectivity index (χ2v) is 5.69.